The summed E-state index contributed by atoms with van der Waals surface area (Å²) in [6.45, 7) is 2.24. The summed E-state index contributed by atoms with van der Waals surface area (Å²) < 4.78 is 6.65. The van der Waals surface area contributed by atoms with Gasteiger partial charge in [0.15, 0.2) is 0 Å². The van der Waals surface area contributed by atoms with Crippen LogP contribution in [0.3, 0.4) is 0 Å². The summed E-state index contributed by atoms with van der Waals surface area (Å²) in [4.78, 5) is 36.2. The molecule has 0 saturated carbocycles. The lowest BCUT2D eigenvalue weighted by atomic mass is 10.1. The molecule has 0 bridgehead atoms. The summed E-state index contributed by atoms with van der Waals surface area (Å²) in [7, 11) is 0. The number of rotatable bonds is 6. The number of carbonyl (C=O) groups is 3. The molecule has 0 unspecified atom stereocenters. The van der Waals surface area contributed by atoms with E-state index >= 15 is 0 Å². The molecule has 8 heteroatoms. The van der Waals surface area contributed by atoms with Crippen molar-refractivity contribution >= 4 is 39.9 Å². The zero-order valence-corrected chi connectivity index (χ0v) is 16.5. The smallest absolute Gasteiger partial charge is 0.335 e. The van der Waals surface area contributed by atoms with E-state index in [-0.39, 0.29) is 30.3 Å². The first-order chi connectivity index (χ1) is 13.4. The summed E-state index contributed by atoms with van der Waals surface area (Å²) >= 11 is 3.39. The lowest BCUT2D eigenvalue weighted by Gasteiger charge is -2.11. The van der Waals surface area contributed by atoms with E-state index in [9.17, 15) is 14.4 Å². The van der Waals surface area contributed by atoms with Crippen LogP contribution < -0.4 is 10.1 Å². The minimum absolute atomic E-state index is 0.181. The largest absolute Gasteiger partial charge is 0.488 e. The summed E-state index contributed by atoms with van der Waals surface area (Å²) in [6.07, 6.45) is 1.57. The van der Waals surface area contributed by atoms with Crippen molar-refractivity contribution in [2.24, 2.45) is 0 Å². The highest BCUT2D eigenvalue weighted by molar-refractivity contribution is 9.10. The third-order valence-corrected chi connectivity index (χ3v) is 4.64. The molecular weight excluding hydrogens is 428 g/mol. The molecule has 2 aromatic rings. The first kappa shape index (κ1) is 19.6. The molecule has 0 atom stereocenters. The van der Waals surface area contributed by atoms with Crippen LogP contribution in [-0.4, -0.2) is 34.5 Å². The Morgan fingerprint density at radius 3 is 2.54 bits per heavy atom. The van der Waals surface area contributed by atoms with E-state index in [1.54, 1.807) is 43.3 Å². The highest BCUT2D eigenvalue weighted by Crippen LogP contribution is 2.27. The zero-order chi connectivity index (χ0) is 20.3. The number of hydrogen-bond donors (Lipinski definition) is 2. The van der Waals surface area contributed by atoms with Crippen LogP contribution in [0.1, 0.15) is 28.4 Å². The Labute approximate surface area is 169 Å². The number of amides is 3. The topological polar surface area (TPSA) is 95.9 Å². The number of ether oxygens (including phenoxy) is 1. The van der Waals surface area contributed by atoms with Crippen LogP contribution in [0.15, 0.2) is 52.6 Å². The van der Waals surface area contributed by atoms with Crippen molar-refractivity contribution < 1.29 is 24.2 Å². The van der Waals surface area contributed by atoms with Gasteiger partial charge in [-0.2, -0.15) is 0 Å². The molecule has 3 amide bonds. The monoisotopic (exact) mass is 444 g/mol. The van der Waals surface area contributed by atoms with Crippen LogP contribution in [0.5, 0.6) is 5.75 Å². The normalized spacial score (nSPS) is 15.1. The lowest BCUT2D eigenvalue weighted by Crippen LogP contribution is -2.30. The number of carboxylic acids is 1. The zero-order valence-electron chi connectivity index (χ0n) is 14.9. The molecule has 7 nitrogen and oxygen atoms in total. The average Bonchev–Trinajstić information content (AvgIpc) is 2.94. The maximum absolute atomic E-state index is 12.3. The number of carbonyl (C=O) groups excluding carboxylic acids is 2. The molecule has 1 aliphatic rings. The lowest BCUT2D eigenvalue weighted by molar-refractivity contribution is -0.122. The van der Waals surface area contributed by atoms with Gasteiger partial charge in [-0.05, 0) is 48.9 Å². The number of carboxylic acid groups (broad SMARTS) is 1. The van der Waals surface area contributed by atoms with Crippen molar-refractivity contribution in [3.05, 3.63) is 69.3 Å². The van der Waals surface area contributed by atoms with E-state index < -0.39 is 12.0 Å². The molecule has 144 valence electrons. The number of likely N-dealkylation sites (N-methyl/N-ethyl adjacent to an activating group) is 1. The SMILES string of the molecule is CCN1C(=O)N/C(=C/c2cc(Br)ccc2OCc2ccc(C(=O)O)cc2)C1=O. The Kier molecular flexibility index (Phi) is 5.79. The van der Waals surface area contributed by atoms with Gasteiger partial charge in [0.2, 0.25) is 0 Å². The van der Waals surface area contributed by atoms with Crippen LogP contribution in [0.25, 0.3) is 6.08 Å². The van der Waals surface area contributed by atoms with Crippen molar-refractivity contribution in [1.29, 1.82) is 0 Å². The first-order valence-electron chi connectivity index (χ1n) is 8.48. The van der Waals surface area contributed by atoms with Crippen LogP contribution >= 0.6 is 15.9 Å². The van der Waals surface area contributed by atoms with E-state index in [1.165, 1.54) is 12.1 Å². The predicted octanol–water partition coefficient (Wildman–Crippen LogP) is 3.64. The second kappa shape index (κ2) is 8.26. The third kappa shape index (κ3) is 4.23. The predicted molar refractivity (Wildman–Crippen MR) is 106 cm³/mol. The Balaban J connectivity index is 1.81. The molecule has 1 heterocycles. The molecule has 0 radical (unpaired) electrons. The van der Waals surface area contributed by atoms with Crippen LogP contribution in [0.4, 0.5) is 4.79 Å². The molecule has 0 spiro atoms. The third-order valence-electron chi connectivity index (χ3n) is 4.15. The number of aromatic carboxylic acids is 1. The van der Waals surface area contributed by atoms with Crippen molar-refractivity contribution in [1.82, 2.24) is 10.2 Å². The molecular formula is C20H17BrN2O5. The van der Waals surface area contributed by atoms with Crippen molar-refractivity contribution in [3.8, 4) is 5.75 Å². The fraction of sp³-hybridized carbons (Fsp3) is 0.150. The Bertz CT molecular complexity index is 969. The Morgan fingerprint density at radius 2 is 1.93 bits per heavy atom. The number of benzene rings is 2. The number of nitrogens with zero attached hydrogens (tertiary/aromatic N) is 1. The molecule has 0 aromatic heterocycles. The highest BCUT2D eigenvalue weighted by atomic mass is 79.9. The fourth-order valence-electron chi connectivity index (χ4n) is 2.68. The second-order valence-electron chi connectivity index (χ2n) is 6.01. The maximum atomic E-state index is 12.3. The van der Waals surface area contributed by atoms with E-state index in [4.69, 9.17) is 9.84 Å². The minimum atomic E-state index is -0.987. The van der Waals surface area contributed by atoms with Crippen LogP contribution in [0, 0.1) is 0 Å². The van der Waals surface area contributed by atoms with Gasteiger partial charge in [0, 0.05) is 16.6 Å². The molecule has 28 heavy (non-hydrogen) atoms. The standard InChI is InChI=1S/C20H17BrN2O5/c1-2-23-18(24)16(22-20(23)27)10-14-9-15(21)7-8-17(14)28-11-12-3-5-13(6-4-12)19(25)26/h3-10H,2,11H2,1H3,(H,22,27)(H,25,26)/b16-10+. The summed E-state index contributed by atoms with van der Waals surface area (Å²) in [6, 6.07) is 11.3. The average molecular weight is 445 g/mol. The van der Waals surface area contributed by atoms with E-state index in [1.807, 2.05) is 0 Å². The number of nitrogens with one attached hydrogen (secondary N) is 1. The van der Waals surface area contributed by atoms with Gasteiger partial charge >= 0.3 is 12.0 Å². The molecule has 3 rings (SSSR count). The van der Waals surface area contributed by atoms with E-state index in [0.717, 1.165) is 14.9 Å². The van der Waals surface area contributed by atoms with Gasteiger partial charge in [-0.1, -0.05) is 28.1 Å². The number of imide groups is 1. The molecule has 0 aliphatic carbocycles. The first-order valence-corrected chi connectivity index (χ1v) is 9.27. The highest BCUT2D eigenvalue weighted by Gasteiger charge is 2.32. The quantitative estimate of drug-likeness (QED) is 0.523. The van der Waals surface area contributed by atoms with Crippen LogP contribution in [-0.2, 0) is 11.4 Å². The summed E-state index contributed by atoms with van der Waals surface area (Å²) in [5.41, 5.74) is 1.81. The van der Waals surface area contributed by atoms with Gasteiger partial charge in [0.05, 0.1) is 5.56 Å². The molecule has 1 saturated heterocycles. The molecule has 2 N–H and O–H groups in total. The van der Waals surface area contributed by atoms with Crippen molar-refractivity contribution in [3.63, 3.8) is 0 Å². The number of urea groups is 1. The number of hydrogen-bond acceptors (Lipinski definition) is 4. The van der Waals surface area contributed by atoms with Gasteiger partial charge < -0.3 is 15.2 Å². The Hall–Kier alpha value is -3.13. The van der Waals surface area contributed by atoms with E-state index in [0.29, 0.717) is 11.3 Å². The summed E-state index contributed by atoms with van der Waals surface area (Å²) in [5, 5.41) is 11.5. The van der Waals surface area contributed by atoms with Gasteiger partial charge in [0.25, 0.3) is 5.91 Å². The Morgan fingerprint density at radius 1 is 1.21 bits per heavy atom. The van der Waals surface area contributed by atoms with Gasteiger partial charge in [-0.15, -0.1) is 0 Å². The summed E-state index contributed by atoms with van der Waals surface area (Å²) in [5.74, 6) is -0.851. The molecule has 1 aliphatic heterocycles. The van der Waals surface area contributed by atoms with Gasteiger partial charge in [0.1, 0.15) is 18.1 Å². The molecule has 1 fully saturated rings. The number of halogens is 1. The van der Waals surface area contributed by atoms with Crippen molar-refractivity contribution in [2.45, 2.75) is 13.5 Å². The van der Waals surface area contributed by atoms with Gasteiger partial charge in [-0.25, -0.2) is 9.59 Å². The van der Waals surface area contributed by atoms with Crippen molar-refractivity contribution in [2.75, 3.05) is 6.54 Å². The maximum Gasteiger partial charge on any atom is 0.335 e. The second-order valence-corrected chi connectivity index (χ2v) is 6.93. The van der Waals surface area contributed by atoms with E-state index in [2.05, 4.69) is 21.2 Å². The fourth-order valence-corrected chi connectivity index (χ4v) is 3.06. The molecule has 2 aromatic carbocycles. The van der Waals surface area contributed by atoms with Crippen LogP contribution in [0.2, 0.25) is 0 Å². The van der Waals surface area contributed by atoms with Gasteiger partial charge in [-0.3, -0.25) is 9.69 Å². The minimum Gasteiger partial charge on any atom is -0.488 e.